The van der Waals surface area contributed by atoms with Gasteiger partial charge in [0.25, 0.3) is 11.7 Å². The Bertz CT molecular complexity index is 1380. The number of nitrogens with zero attached hydrogens (tertiary/aromatic N) is 1. The molecule has 0 spiro atoms. The maximum atomic E-state index is 13.5. The standard InChI is InChI=1S/C32H35NO6/c1-6-38-24-15-12-21(13-16-24)29-28(30(34)22-14-17-27(39-7-2)25(18-22)20(3)4)31(35)32(36)33(29)19-23-10-8-9-11-26(23)37-5/h8-18,20,29,34H,6-7,19H2,1-5H3/b30-28-. The molecule has 0 bridgehead atoms. The molecule has 1 amide bonds. The van der Waals surface area contributed by atoms with Crippen LogP contribution < -0.4 is 14.2 Å². The van der Waals surface area contributed by atoms with Crippen LogP contribution in [0, 0.1) is 0 Å². The number of hydrogen-bond donors (Lipinski definition) is 1. The first-order valence-corrected chi connectivity index (χ1v) is 13.2. The lowest BCUT2D eigenvalue weighted by atomic mass is 9.93. The number of Topliss-reactive ketones (excluding diaryl/α,β-unsaturated/α-hetero) is 1. The summed E-state index contributed by atoms with van der Waals surface area (Å²) in [5.41, 5.74) is 2.83. The minimum atomic E-state index is -0.806. The van der Waals surface area contributed by atoms with Crippen molar-refractivity contribution in [2.45, 2.75) is 46.2 Å². The van der Waals surface area contributed by atoms with Crippen molar-refractivity contribution in [1.29, 1.82) is 0 Å². The smallest absolute Gasteiger partial charge is 0.295 e. The minimum absolute atomic E-state index is 0.0397. The quantitative estimate of drug-likeness (QED) is 0.190. The molecule has 7 nitrogen and oxygen atoms in total. The average molecular weight is 530 g/mol. The Balaban J connectivity index is 1.87. The zero-order chi connectivity index (χ0) is 28.1. The molecule has 1 saturated heterocycles. The first kappa shape index (κ1) is 27.8. The second kappa shape index (κ2) is 12.1. The van der Waals surface area contributed by atoms with Gasteiger partial charge in [0.1, 0.15) is 23.0 Å². The number of hydrogen-bond acceptors (Lipinski definition) is 6. The van der Waals surface area contributed by atoms with Gasteiger partial charge in [-0.05, 0) is 67.3 Å². The Hall–Kier alpha value is -4.26. The van der Waals surface area contributed by atoms with E-state index in [0.29, 0.717) is 35.8 Å². The number of ether oxygens (including phenoxy) is 3. The van der Waals surface area contributed by atoms with Crippen LogP contribution in [0.4, 0.5) is 0 Å². The minimum Gasteiger partial charge on any atom is -0.507 e. The summed E-state index contributed by atoms with van der Waals surface area (Å²) in [7, 11) is 1.56. The first-order valence-electron chi connectivity index (χ1n) is 13.2. The summed E-state index contributed by atoms with van der Waals surface area (Å²) in [6.07, 6.45) is 0. The Morgan fingerprint density at radius 1 is 0.923 bits per heavy atom. The van der Waals surface area contributed by atoms with Crippen LogP contribution in [0.15, 0.2) is 72.3 Å². The maximum absolute atomic E-state index is 13.5. The number of rotatable bonds is 10. The number of benzene rings is 3. The van der Waals surface area contributed by atoms with Crippen molar-refractivity contribution in [2.75, 3.05) is 20.3 Å². The monoisotopic (exact) mass is 529 g/mol. The highest BCUT2D eigenvalue weighted by Crippen LogP contribution is 2.42. The third-order valence-electron chi connectivity index (χ3n) is 6.79. The van der Waals surface area contributed by atoms with Crippen molar-refractivity contribution in [1.82, 2.24) is 4.90 Å². The van der Waals surface area contributed by atoms with Gasteiger partial charge in [-0.1, -0.05) is 44.2 Å². The van der Waals surface area contributed by atoms with Gasteiger partial charge >= 0.3 is 0 Å². The molecule has 3 aromatic carbocycles. The molecule has 3 aromatic rings. The van der Waals surface area contributed by atoms with Crippen LogP contribution in [-0.2, 0) is 16.1 Å². The fraction of sp³-hybridized carbons (Fsp3) is 0.312. The number of carbonyl (C=O) groups excluding carboxylic acids is 2. The summed E-state index contributed by atoms with van der Waals surface area (Å²) >= 11 is 0. The van der Waals surface area contributed by atoms with Crippen molar-refractivity contribution < 1.29 is 28.9 Å². The summed E-state index contributed by atoms with van der Waals surface area (Å²) < 4.78 is 16.9. The highest BCUT2D eigenvalue weighted by atomic mass is 16.5. The average Bonchev–Trinajstić information content (AvgIpc) is 3.18. The van der Waals surface area contributed by atoms with E-state index in [4.69, 9.17) is 14.2 Å². The molecule has 1 fully saturated rings. The molecule has 39 heavy (non-hydrogen) atoms. The molecular formula is C32H35NO6. The van der Waals surface area contributed by atoms with Gasteiger partial charge in [0, 0.05) is 11.1 Å². The molecule has 7 heteroatoms. The van der Waals surface area contributed by atoms with Gasteiger partial charge in [0.15, 0.2) is 0 Å². The Morgan fingerprint density at radius 2 is 1.62 bits per heavy atom. The van der Waals surface area contributed by atoms with Gasteiger partial charge in [-0.2, -0.15) is 0 Å². The largest absolute Gasteiger partial charge is 0.507 e. The van der Waals surface area contributed by atoms with Crippen LogP contribution in [0.2, 0.25) is 0 Å². The fourth-order valence-corrected chi connectivity index (χ4v) is 4.91. The lowest BCUT2D eigenvalue weighted by molar-refractivity contribution is -0.140. The van der Waals surface area contributed by atoms with Crippen molar-refractivity contribution in [3.8, 4) is 17.2 Å². The summed E-state index contributed by atoms with van der Waals surface area (Å²) in [5, 5.41) is 11.6. The van der Waals surface area contributed by atoms with E-state index in [1.165, 1.54) is 4.90 Å². The van der Waals surface area contributed by atoms with Crippen LogP contribution in [0.3, 0.4) is 0 Å². The number of likely N-dealkylation sites (tertiary alicyclic amines) is 1. The zero-order valence-electron chi connectivity index (χ0n) is 23.1. The first-order chi connectivity index (χ1) is 18.8. The summed E-state index contributed by atoms with van der Waals surface area (Å²) in [5.74, 6) is 0.490. The highest BCUT2D eigenvalue weighted by Gasteiger charge is 2.46. The molecule has 1 N–H and O–H groups in total. The predicted octanol–water partition coefficient (Wildman–Crippen LogP) is 6.24. The van der Waals surface area contributed by atoms with E-state index in [0.717, 1.165) is 16.9 Å². The van der Waals surface area contributed by atoms with Gasteiger partial charge < -0.3 is 24.2 Å². The molecule has 1 heterocycles. The van der Waals surface area contributed by atoms with Gasteiger partial charge in [0.2, 0.25) is 0 Å². The molecule has 0 radical (unpaired) electrons. The molecule has 4 rings (SSSR count). The molecule has 204 valence electrons. The number of carbonyl (C=O) groups is 2. The number of aliphatic hydroxyl groups excluding tert-OH is 1. The molecule has 1 aliphatic heterocycles. The molecule has 1 unspecified atom stereocenters. The lowest BCUT2D eigenvalue weighted by Gasteiger charge is -2.26. The second-order valence-electron chi connectivity index (χ2n) is 9.58. The Kier molecular flexibility index (Phi) is 8.59. The lowest BCUT2D eigenvalue weighted by Crippen LogP contribution is -2.29. The summed E-state index contributed by atoms with van der Waals surface area (Å²) in [6.45, 7) is 9.04. The molecule has 0 saturated carbocycles. The molecule has 0 aliphatic carbocycles. The number of aliphatic hydroxyl groups is 1. The third kappa shape index (κ3) is 5.62. The van der Waals surface area contributed by atoms with Crippen molar-refractivity contribution in [3.63, 3.8) is 0 Å². The van der Waals surface area contributed by atoms with E-state index in [1.54, 1.807) is 31.4 Å². The van der Waals surface area contributed by atoms with Crippen molar-refractivity contribution >= 4 is 17.4 Å². The van der Waals surface area contributed by atoms with E-state index in [-0.39, 0.29) is 23.8 Å². The third-order valence-corrected chi connectivity index (χ3v) is 6.79. The molecule has 0 aromatic heterocycles. The number of ketones is 1. The van der Waals surface area contributed by atoms with Crippen LogP contribution >= 0.6 is 0 Å². The number of amides is 1. The van der Waals surface area contributed by atoms with E-state index in [9.17, 15) is 14.7 Å². The van der Waals surface area contributed by atoms with Gasteiger partial charge in [0.05, 0.1) is 38.5 Å². The van der Waals surface area contributed by atoms with E-state index >= 15 is 0 Å². The fourth-order valence-electron chi connectivity index (χ4n) is 4.91. The van der Waals surface area contributed by atoms with Crippen LogP contribution in [0.5, 0.6) is 17.2 Å². The molecule has 1 atom stereocenters. The topological polar surface area (TPSA) is 85.3 Å². The van der Waals surface area contributed by atoms with Crippen LogP contribution in [-0.4, -0.2) is 42.0 Å². The highest BCUT2D eigenvalue weighted by molar-refractivity contribution is 6.46. The van der Waals surface area contributed by atoms with E-state index in [2.05, 4.69) is 0 Å². The summed E-state index contributed by atoms with van der Waals surface area (Å²) in [6, 6.07) is 19.1. The van der Waals surface area contributed by atoms with E-state index < -0.39 is 17.7 Å². The summed E-state index contributed by atoms with van der Waals surface area (Å²) in [4.78, 5) is 28.5. The molecular weight excluding hydrogens is 494 g/mol. The Labute approximate surface area is 229 Å². The van der Waals surface area contributed by atoms with Gasteiger partial charge in [-0.15, -0.1) is 0 Å². The number of para-hydroxylation sites is 1. The maximum Gasteiger partial charge on any atom is 0.295 e. The van der Waals surface area contributed by atoms with Gasteiger partial charge in [-0.25, -0.2) is 0 Å². The van der Waals surface area contributed by atoms with Crippen LogP contribution in [0.25, 0.3) is 5.76 Å². The Morgan fingerprint density at radius 3 is 2.26 bits per heavy atom. The second-order valence-corrected chi connectivity index (χ2v) is 9.58. The molecule has 1 aliphatic rings. The van der Waals surface area contributed by atoms with Crippen molar-refractivity contribution in [2.24, 2.45) is 0 Å². The van der Waals surface area contributed by atoms with Crippen LogP contribution in [0.1, 0.15) is 61.9 Å². The van der Waals surface area contributed by atoms with E-state index in [1.807, 2.05) is 70.2 Å². The van der Waals surface area contributed by atoms with Gasteiger partial charge in [-0.3, -0.25) is 9.59 Å². The van der Waals surface area contributed by atoms with Crippen molar-refractivity contribution in [3.05, 3.63) is 94.6 Å². The number of methoxy groups -OCH3 is 1. The zero-order valence-corrected chi connectivity index (χ0v) is 23.1. The SMILES string of the molecule is CCOc1ccc(C2/C(=C(/O)c3ccc(OCC)c(C(C)C)c3)C(=O)C(=O)N2Cc2ccccc2OC)cc1. The predicted molar refractivity (Wildman–Crippen MR) is 150 cm³/mol. The normalized spacial score (nSPS) is 16.6.